The van der Waals surface area contributed by atoms with Crippen molar-refractivity contribution in [3.63, 3.8) is 0 Å². The number of rotatable bonds is 1. The van der Waals surface area contributed by atoms with Gasteiger partial charge in [-0.2, -0.15) is 0 Å². The van der Waals surface area contributed by atoms with Crippen LogP contribution in [0.5, 0.6) is 0 Å². The lowest BCUT2D eigenvalue weighted by Crippen LogP contribution is -2.52. The Balaban J connectivity index is 1.55. The fraction of sp³-hybridized carbons (Fsp3) is 0.692. The van der Waals surface area contributed by atoms with Crippen LogP contribution in [0.4, 0.5) is 4.79 Å². The Morgan fingerprint density at radius 1 is 1.11 bits per heavy atom. The van der Waals surface area contributed by atoms with Crippen LogP contribution in [0, 0.1) is 0 Å². The van der Waals surface area contributed by atoms with Gasteiger partial charge in [-0.15, -0.1) is 0 Å². The molecule has 0 aromatic carbocycles. The first-order valence-corrected chi connectivity index (χ1v) is 6.86. The van der Waals surface area contributed by atoms with E-state index in [1.807, 2.05) is 4.90 Å². The summed E-state index contributed by atoms with van der Waals surface area (Å²) < 4.78 is 1.56. The molecule has 2 heterocycles. The highest BCUT2D eigenvalue weighted by Gasteiger charge is 2.28. The molecule has 1 saturated heterocycles. The molecule has 98 valence electrons. The first kappa shape index (κ1) is 11.7. The maximum atomic E-state index is 12.1. The highest BCUT2D eigenvalue weighted by atomic mass is 16.2. The van der Waals surface area contributed by atoms with Gasteiger partial charge in [0.2, 0.25) is 0 Å². The second kappa shape index (κ2) is 5.10. The first-order valence-electron chi connectivity index (χ1n) is 6.86. The molecule has 5 nitrogen and oxygen atoms in total. The average Bonchev–Trinajstić information content (AvgIpc) is 3.11. The van der Waals surface area contributed by atoms with Gasteiger partial charge in [0.15, 0.2) is 0 Å². The van der Waals surface area contributed by atoms with Gasteiger partial charge in [-0.25, -0.2) is 9.78 Å². The smallest absolute Gasteiger partial charge is 0.321 e. The van der Waals surface area contributed by atoms with E-state index in [2.05, 4.69) is 9.88 Å². The van der Waals surface area contributed by atoms with E-state index in [-0.39, 0.29) is 6.03 Å². The molecule has 5 heteroatoms. The van der Waals surface area contributed by atoms with Crippen LogP contribution in [0.15, 0.2) is 18.7 Å². The van der Waals surface area contributed by atoms with E-state index < -0.39 is 0 Å². The Labute approximate surface area is 107 Å². The summed E-state index contributed by atoms with van der Waals surface area (Å²) in [5, 5.41) is 0. The summed E-state index contributed by atoms with van der Waals surface area (Å²) in [6, 6.07) is 0.828. The molecule has 0 bridgehead atoms. The van der Waals surface area contributed by atoms with E-state index >= 15 is 0 Å². The average molecular weight is 248 g/mol. The van der Waals surface area contributed by atoms with E-state index in [0.29, 0.717) is 0 Å². The van der Waals surface area contributed by atoms with Gasteiger partial charge >= 0.3 is 6.03 Å². The van der Waals surface area contributed by atoms with Gasteiger partial charge in [0.25, 0.3) is 0 Å². The number of amides is 1. The molecule has 0 radical (unpaired) electrons. The van der Waals surface area contributed by atoms with Gasteiger partial charge in [0.05, 0.1) is 0 Å². The van der Waals surface area contributed by atoms with Crippen molar-refractivity contribution >= 4 is 6.03 Å². The summed E-state index contributed by atoms with van der Waals surface area (Å²) in [6.45, 7) is 3.72. The molecule has 3 rings (SSSR count). The zero-order valence-corrected chi connectivity index (χ0v) is 10.7. The van der Waals surface area contributed by atoms with Gasteiger partial charge in [0, 0.05) is 44.6 Å². The van der Waals surface area contributed by atoms with Crippen LogP contribution in [-0.2, 0) is 0 Å². The number of hydrogen-bond acceptors (Lipinski definition) is 3. The van der Waals surface area contributed by atoms with Crippen LogP contribution in [-0.4, -0.2) is 57.6 Å². The summed E-state index contributed by atoms with van der Waals surface area (Å²) in [5.41, 5.74) is 0. The molecule has 0 N–H and O–H groups in total. The maximum absolute atomic E-state index is 12.1. The van der Waals surface area contributed by atoms with Crippen LogP contribution in [0.25, 0.3) is 0 Å². The molecule has 2 fully saturated rings. The zero-order valence-electron chi connectivity index (χ0n) is 10.7. The van der Waals surface area contributed by atoms with Crippen molar-refractivity contribution < 1.29 is 4.79 Å². The molecule has 18 heavy (non-hydrogen) atoms. The van der Waals surface area contributed by atoms with Crippen LogP contribution in [0.1, 0.15) is 25.7 Å². The molecule has 1 saturated carbocycles. The minimum absolute atomic E-state index is 0.0542. The van der Waals surface area contributed by atoms with Crippen LogP contribution in [0.2, 0.25) is 0 Å². The minimum Gasteiger partial charge on any atom is -0.321 e. The van der Waals surface area contributed by atoms with E-state index in [0.717, 1.165) is 32.2 Å². The van der Waals surface area contributed by atoms with E-state index in [1.165, 1.54) is 25.7 Å². The molecule has 1 amide bonds. The summed E-state index contributed by atoms with van der Waals surface area (Å²) in [7, 11) is 0. The molecular formula is C13H20N4O. The number of nitrogens with zero attached hydrogens (tertiary/aromatic N) is 4. The van der Waals surface area contributed by atoms with Gasteiger partial charge in [0.1, 0.15) is 6.33 Å². The van der Waals surface area contributed by atoms with Gasteiger partial charge in [-0.3, -0.25) is 9.47 Å². The third-order valence-corrected chi connectivity index (χ3v) is 4.15. The van der Waals surface area contributed by atoms with Crippen LogP contribution >= 0.6 is 0 Å². The fourth-order valence-electron chi connectivity index (χ4n) is 3.08. The van der Waals surface area contributed by atoms with Crippen molar-refractivity contribution in [1.29, 1.82) is 0 Å². The fourth-order valence-corrected chi connectivity index (χ4v) is 3.08. The van der Waals surface area contributed by atoms with Crippen molar-refractivity contribution in [3.05, 3.63) is 18.7 Å². The Morgan fingerprint density at radius 2 is 1.83 bits per heavy atom. The number of hydrogen-bond donors (Lipinski definition) is 0. The Kier molecular flexibility index (Phi) is 3.32. The highest BCUT2D eigenvalue weighted by molar-refractivity contribution is 5.76. The molecule has 1 aromatic heterocycles. The van der Waals surface area contributed by atoms with Crippen molar-refractivity contribution in [2.75, 3.05) is 26.2 Å². The Morgan fingerprint density at radius 3 is 2.44 bits per heavy atom. The lowest BCUT2D eigenvalue weighted by Gasteiger charge is -2.37. The summed E-state index contributed by atoms with van der Waals surface area (Å²) in [4.78, 5) is 20.5. The molecule has 0 spiro atoms. The molecule has 1 aliphatic carbocycles. The van der Waals surface area contributed by atoms with E-state index in [9.17, 15) is 4.79 Å². The normalized spacial score (nSPS) is 22.6. The molecule has 0 unspecified atom stereocenters. The van der Waals surface area contributed by atoms with Crippen molar-refractivity contribution in [3.8, 4) is 0 Å². The standard InChI is InChI=1S/C13H20N4O/c18-13(17-6-5-14-11-17)16-9-7-15(8-10-16)12-3-1-2-4-12/h5-6,11-12H,1-4,7-10H2. The monoisotopic (exact) mass is 248 g/mol. The summed E-state index contributed by atoms with van der Waals surface area (Å²) >= 11 is 0. The topological polar surface area (TPSA) is 41.4 Å². The summed E-state index contributed by atoms with van der Waals surface area (Å²) in [5.74, 6) is 0. The highest BCUT2D eigenvalue weighted by Crippen LogP contribution is 2.24. The maximum Gasteiger partial charge on any atom is 0.329 e. The number of carbonyl (C=O) groups is 1. The Hall–Kier alpha value is -1.36. The molecule has 1 aromatic rings. The quantitative estimate of drug-likeness (QED) is 0.754. The molecular weight excluding hydrogens is 228 g/mol. The van der Waals surface area contributed by atoms with Crippen LogP contribution in [0.3, 0.4) is 0 Å². The molecule has 1 aliphatic heterocycles. The number of carbonyl (C=O) groups excluding carboxylic acids is 1. The van der Waals surface area contributed by atoms with E-state index in [1.54, 1.807) is 23.3 Å². The third-order valence-electron chi connectivity index (χ3n) is 4.15. The van der Waals surface area contributed by atoms with Gasteiger partial charge < -0.3 is 4.90 Å². The molecule has 0 atom stereocenters. The number of piperazine rings is 1. The zero-order chi connectivity index (χ0) is 12.4. The van der Waals surface area contributed by atoms with Crippen molar-refractivity contribution in [2.24, 2.45) is 0 Å². The predicted molar refractivity (Wildman–Crippen MR) is 68.4 cm³/mol. The minimum atomic E-state index is 0.0542. The van der Waals surface area contributed by atoms with Gasteiger partial charge in [-0.05, 0) is 12.8 Å². The lowest BCUT2D eigenvalue weighted by molar-refractivity contribution is 0.110. The lowest BCUT2D eigenvalue weighted by atomic mass is 10.2. The SMILES string of the molecule is O=C(N1CCN(C2CCCC2)CC1)n1ccnc1. The van der Waals surface area contributed by atoms with E-state index in [4.69, 9.17) is 0 Å². The second-order valence-corrected chi connectivity index (χ2v) is 5.21. The van der Waals surface area contributed by atoms with Crippen LogP contribution < -0.4 is 0 Å². The molecule has 2 aliphatic rings. The Bertz CT molecular complexity index is 389. The largest absolute Gasteiger partial charge is 0.329 e. The predicted octanol–water partition coefficient (Wildman–Crippen LogP) is 1.41. The van der Waals surface area contributed by atoms with Crippen molar-refractivity contribution in [2.45, 2.75) is 31.7 Å². The first-order chi connectivity index (χ1) is 8.84. The second-order valence-electron chi connectivity index (χ2n) is 5.21. The summed E-state index contributed by atoms with van der Waals surface area (Å²) in [6.07, 6.45) is 10.4. The third kappa shape index (κ3) is 2.27. The van der Waals surface area contributed by atoms with Crippen molar-refractivity contribution in [1.82, 2.24) is 19.4 Å². The van der Waals surface area contributed by atoms with Gasteiger partial charge in [-0.1, -0.05) is 12.8 Å². The number of imidazole rings is 1. The number of aromatic nitrogens is 2.